The average molecular weight is 450 g/mol. The minimum absolute atomic E-state index is 0.0290. The molecule has 0 bridgehead atoms. The number of carbonyl (C=O) groups excluding carboxylic acids is 1. The number of hydrogen-bond donors (Lipinski definition) is 2. The standard InChI is InChI=1S/C27H39N5O/c1-21-14-17-32(18-15-21)25(23-10-6-5-7-11-23)20-30-27(28-2)29-16-13-22-9-8-12-24(19-22)26(33)31(3)4/h5-12,19,21,25H,13-18,20H2,1-4H3,(H2,28,29,30). The second-order valence-corrected chi connectivity index (χ2v) is 9.17. The Morgan fingerprint density at radius 3 is 2.48 bits per heavy atom. The first kappa shape index (κ1) is 24.8. The number of benzene rings is 2. The normalized spacial score (nSPS) is 16.3. The predicted octanol–water partition coefficient (Wildman–Crippen LogP) is 3.57. The molecule has 2 N–H and O–H groups in total. The van der Waals surface area contributed by atoms with Crippen LogP contribution in [0.15, 0.2) is 59.6 Å². The van der Waals surface area contributed by atoms with E-state index in [2.05, 4.69) is 63.8 Å². The Bertz CT molecular complexity index is 904. The fraction of sp³-hybridized carbons (Fsp3) is 0.481. The molecule has 0 radical (unpaired) electrons. The van der Waals surface area contributed by atoms with Gasteiger partial charge in [0.25, 0.3) is 5.91 Å². The van der Waals surface area contributed by atoms with Gasteiger partial charge in [-0.25, -0.2) is 0 Å². The summed E-state index contributed by atoms with van der Waals surface area (Å²) in [4.78, 5) is 20.8. The summed E-state index contributed by atoms with van der Waals surface area (Å²) in [5, 5.41) is 6.97. The zero-order valence-corrected chi connectivity index (χ0v) is 20.6. The lowest BCUT2D eigenvalue weighted by atomic mass is 9.95. The van der Waals surface area contributed by atoms with Crippen molar-refractivity contribution in [2.45, 2.75) is 32.2 Å². The van der Waals surface area contributed by atoms with Gasteiger partial charge in [0, 0.05) is 39.8 Å². The molecule has 3 rings (SSSR count). The van der Waals surface area contributed by atoms with Crippen LogP contribution in [0, 0.1) is 5.92 Å². The monoisotopic (exact) mass is 449 g/mol. The van der Waals surface area contributed by atoms with Crippen molar-refractivity contribution >= 4 is 11.9 Å². The number of amides is 1. The number of carbonyl (C=O) groups is 1. The zero-order chi connectivity index (χ0) is 23.6. The molecular weight excluding hydrogens is 410 g/mol. The molecule has 1 atom stereocenters. The van der Waals surface area contributed by atoms with Crippen molar-refractivity contribution in [3.8, 4) is 0 Å². The lowest BCUT2D eigenvalue weighted by Gasteiger charge is -2.37. The number of rotatable bonds is 8. The highest BCUT2D eigenvalue weighted by Gasteiger charge is 2.24. The van der Waals surface area contributed by atoms with Crippen molar-refractivity contribution in [2.24, 2.45) is 10.9 Å². The minimum Gasteiger partial charge on any atom is -0.356 e. The number of likely N-dealkylation sites (tertiary alicyclic amines) is 1. The highest BCUT2D eigenvalue weighted by molar-refractivity contribution is 5.94. The summed E-state index contributed by atoms with van der Waals surface area (Å²) in [5.74, 6) is 1.65. The van der Waals surface area contributed by atoms with Crippen LogP contribution in [0.1, 0.15) is 47.3 Å². The van der Waals surface area contributed by atoms with Gasteiger partial charge >= 0.3 is 0 Å². The highest BCUT2D eigenvalue weighted by atomic mass is 16.2. The fourth-order valence-corrected chi connectivity index (χ4v) is 4.33. The summed E-state index contributed by atoms with van der Waals surface area (Å²) in [6.07, 6.45) is 3.33. The van der Waals surface area contributed by atoms with Gasteiger partial charge in [-0.3, -0.25) is 14.7 Å². The summed E-state index contributed by atoms with van der Waals surface area (Å²) in [5.41, 5.74) is 3.20. The molecule has 0 aromatic heterocycles. The molecule has 1 unspecified atom stereocenters. The van der Waals surface area contributed by atoms with E-state index in [1.54, 1.807) is 19.0 Å². The van der Waals surface area contributed by atoms with E-state index in [1.165, 1.54) is 18.4 Å². The third-order valence-electron chi connectivity index (χ3n) is 6.42. The van der Waals surface area contributed by atoms with Crippen LogP contribution in [0.2, 0.25) is 0 Å². The minimum atomic E-state index is 0.0290. The molecular formula is C27H39N5O. The van der Waals surface area contributed by atoms with Crippen LogP contribution >= 0.6 is 0 Å². The summed E-state index contributed by atoms with van der Waals surface area (Å²) in [7, 11) is 5.37. The highest BCUT2D eigenvalue weighted by Crippen LogP contribution is 2.26. The molecule has 1 amide bonds. The van der Waals surface area contributed by atoms with Crippen molar-refractivity contribution in [1.82, 2.24) is 20.4 Å². The van der Waals surface area contributed by atoms with Crippen LogP contribution in [0.5, 0.6) is 0 Å². The summed E-state index contributed by atoms with van der Waals surface area (Å²) in [6, 6.07) is 18.9. The van der Waals surface area contributed by atoms with E-state index in [0.717, 1.165) is 55.6 Å². The summed E-state index contributed by atoms with van der Waals surface area (Å²) in [6.45, 7) is 6.18. The predicted molar refractivity (Wildman–Crippen MR) is 137 cm³/mol. The summed E-state index contributed by atoms with van der Waals surface area (Å²) < 4.78 is 0. The second kappa shape index (κ2) is 12.4. The topological polar surface area (TPSA) is 60.0 Å². The zero-order valence-electron chi connectivity index (χ0n) is 20.6. The first-order valence-corrected chi connectivity index (χ1v) is 12.0. The van der Waals surface area contributed by atoms with Gasteiger partial charge in [0.05, 0.1) is 6.04 Å². The fourth-order valence-electron chi connectivity index (χ4n) is 4.33. The van der Waals surface area contributed by atoms with Crippen molar-refractivity contribution in [3.63, 3.8) is 0 Å². The SMILES string of the molecule is CN=C(NCCc1cccc(C(=O)N(C)C)c1)NCC(c1ccccc1)N1CCC(C)CC1. The van der Waals surface area contributed by atoms with Gasteiger partial charge in [0.15, 0.2) is 5.96 Å². The van der Waals surface area contributed by atoms with Crippen LogP contribution in [-0.4, -0.2) is 69.0 Å². The van der Waals surface area contributed by atoms with Crippen molar-refractivity contribution in [2.75, 3.05) is 47.3 Å². The maximum atomic E-state index is 12.2. The van der Waals surface area contributed by atoms with E-state index in [1.807, 2.05) is 25.2 Å². The Balaban J connectivity index is 1.55. The number of nitrogens with zero attached hydrogens (tertiary/aromatic N) is 3. The number of piperidine rings is 1. The van der Waals surface area contributed by atoms with Gasteiger partial charge in [-0.1, -0.05) is 49.4 Å². The smallest absolute Gasteiger partial charge is 0.253 e. The van der Waals surface area contributed by atoms with Crippen molar-refractivity contribution < 1.29 is 4.79 Å². The third kappa shape index (κ3) is 7.32. The maximum Gasteiger partial charge on any atom is 0.253 e. The Hall–Kier alpha value is -2.86. The maximum absolute atomic E-state index is 12.2. The lowest BCUT2D eigenvalue weighted by molar-refractivity contribution is 0.0827. The van der Waals surface area contributed by atoms with Crippen LogP contribution in [0.4, 0.5) is 0 Å². The van der Waals surface area contributed by atoms with Crippen LogP contribution in [-0.2, 0) is 6.42 Å². The van der Waals surface area contributed by atoms with E-state index in [9.17, 15) is 4.79 Å². The van der Waals surface area contributed by atoms with Crippen LogP contribution in [0.25, 0.3) is 0 Å². The molecule has 0 spiro atoms. The number of hydrogen-bond acceptors (Lipinski definition) is 3. The number of guanidine groups is 1. The van der Waals surface area contributed by atoms with E-state index < -0.39 is 0 Å². The van der Waals surface area contributed by atoms with Crippen molar-refractivity contribution in [1.29, 1.82) is 0 Å². The Morgan fingerprint density at radius 2 is 1.82 bits per heavy atom. The molecule has 0 saturated carbocycles. The molecule has 33 heavy (non-hydrogen) atoms. The quantitative estimate of drug-likeness (QED) is 0.478. The van der Waals surface area contributed by atoms with Gasteiger partial charge in [-0.2, -0.15) is 0 Å². The third-order valence-corrected chi connectivity index (χ3v) is 6.42. The molecule has 6 nitrogen and oxygen atoms in total. The molecule has 0 aliphatic carbocycles. The molecule has 2 aromatic carbocycles. The lowest BCUT2D eigenvalue weighted by Crippen LogP contribution is -2.45. The Labute approximate surface area is 199 Å². The van der Waals surface area contributed by atoms with Gasteiger partial charge < -0.3 is 15.5 Å². The molecule has 2 aromatic rings. The summed E-state index contributed by atoms with van der Waals surface area (Å²) >= 11 is 0. The van der Waals surface area contributed by atoms with Crippen molar-refractivity contribution in [3.05, 3.63) is 71.3 Å². The number of aliphatic imine (C=N–C) groups is 1. The van der Waals surface area contributed by atoms with Crippen LogP contribution < -0.4 is 10.6 Å². The molecule has 178 valence electrons. The van der Waals surface area contributed by atoms with E-state index in [4.69, 9.17) is 0 Å². The van der Waals surface area contributed by atoms with Gasteiger partial charge in [-0.15, -0.1) is 0 Å². The first-order chi connectivity index (χ1) is 16.0. The second-order valence-electron chi connectivity index (χ2n) is 9.17. The van der Waals surface area contributed by atoms with Gasteiger partial charge in [-0.05, 0) is 61.5 Å². The number of nitrogens with one attached hydrogen (secondary N) is 2. The van der Waals surface area contributed by atoms with Gasteiger partial charge in [0.2, 0.25) is 0 Å². The molecule has 1 aliphatic rings. The molecule has 6 heteroatoms. The first-order valence-electron chi connectivity index (χ1n) is 12.0. The van der Waals surface area contributed by atoms with E-state index in [0.29, 0.717) is 6.04 Å². The van der Waals surface area contributed by atoms with E-state index >= 15 is 0 Å². The largest absolute Gasteiger partial charge is 0.356 e. The molecule has 1 fully saturated rings. The molecule has 1 saturated heterocycles. The Morgan fingerprint density at radius 1 is 1.09 bits per heavy atom. The van der Waals surface area contributed by atoms with E-state index in [-0.39, 0.29) is 5.91 Å². The Kier molecular flexibility index (Phi) is 9.31. The van der Waals surface area contributed by atoms with Crippen LogP contribution in [0.3, 0.4) is 0 Å². The molecule has 1 aliphatic heterocycles. The molecule has 1 heterocycles. The average Bonchev–Trinajstić information content (AvgIpc) is 2.84. The van der Waals surface area contributed by atoms with Gasteiger partial charge in [0.1, 0.15) is 0 Å².